The Balaban J connectivity index is 1.44. The van der Waals surface area contributed by atoms with Crippen molar-refractivity contribution in [1.29, 1.82) is 0 Å². The Labute approximate surface area is 171 Å². The molecular formula is C23H27N3O3. The van der Waals surface area contributed by atoms with Gasteiger partial charge in [0.15, 0.2) is 6.61 Å². The Morgan fingerprint density at radius 1 is 1.07 bits per heavy atom. The summed E-state index contributed by atoms with van der Waals surface area (Å²) in [5.41, 5.74) is 2.53. The topological polar surface area (TPSA) is 70.7 Å². The summed E-state index contributed by atoms with van der Waals surface area (Å²) < 4.78 is 5.58. The van der Waals surface area contributed by atoms with Gasteiger partial charge in [-0.15, -0.1) is 0 Å². The first kappa shape index (κ1) is 19.3. The van der Waals surface area contributed by atoms with Crippen LogP contribution in [0.15, 0.2) is 48.5 Å². The van der Waals surface area contributed by atoms with E-state index in [0.29, 0.717) is 23.7 Å². The lowest BCUT2D eigenvalue weighted by molar-refractivity contribution is -0.121. The molecule has 1 saturated carbocycles. The van der Waals surface area contributed by atoms with Crippen molar-refractivity contribution in [3.63, 3.8) is 0 Å². The maximum absolute atomic E-state index is 12.5. The Morgan fingerprint density at radius 3 is 2.66 bits per heavy atom. The van der Waals surface area contributed by atoms with Gasteiger partial charge in [-0.25, -0.2) is 4.79 Å². The molecule has 152 valence electrons. The van der Waals surface area contributed by atoms with E-state index >= 15 is 0 Å². The molecule has 2 aliphatic rings. The number of anilines is 2. The van der Waals surface area contributed by atoms with Gasteiger partial charge in [-0.05, 0) is 43.0 Å². The van der Waals surface area contributed by atoms with Crippen molar-refractivity contribution in [3.8, 4) is 5.75 Å². The molecule has 3 amide bonds. The predicted molar refractivity (Wildman–Crippen MR) is 113 cm³/mol. The van der Waals surface area contributed by atoms with Crippen LogP contribution in [0.3, 0.4) is 0 Å². The SMILES string of the molecule is O=C(Nc1ccc2c(c1)N(CCc1ccccc1)C(=O)CO2)NC1CCCCC1. The highest BCUT2D eigenvalue weighted by Crippen LogP contribution is 2.34. The molecule has 2 N–H and O–H groups in total. The quantitative estimate of drug-likeness (QED) is 0.803. The standard InChI is InChI=1S/C23H27N3O3/c27-22-16-29-21-12-11-19(25-23(28)24-18-9-5-2-6-10-18)15-20(21)26(22)14-13-17-7-3-1-4-8-17/h1,3-4,7-8,11-12,15,18H,2,5-6,9-10,13-14,16H2,(H2,24,25,28). The van der Waals surface area contributed by atoms with Crippen molar-refractivity contribution in [2.45, 2.75) is 44.6 Å². The van der Waals surface area contributed by atoms with Crippen LogP contribution in [-0.2, 0) is 11.2 Å². The van der Waals surface area contributed by atoms with Crippen LogP contribution in [0, 0.1) is 0 Å². The second-order valence-corrected chi connectivity index (χ2v) is 7.69. The van der Waals surface area contributed by atoms with E-state index in [9.17, 15) is 9.59 Å². The van der Waals surface area contributed by atoms with Crippen LogP contribution in [0.1, 0.15) is 37.7 Å². The van der Waals surface area contributed by atoms with Gasteiger partial charge in [-0.1, -0.05) is 49.6 Å². The number of rotatable bonds is 5. The lowest BCUT2D eigenvalue weighted by Gasteiger charge is -2.30. The third-order valence-electron chi connectivity index (χ3n) is 5.57. The van der Waals surface area contributed by atoms with Gasteiger partial charge in [0.25, 0.3) is 5.91 Å². The molecule has 6 heteroatoms. The van der Waals surface area contributed by atoms with Gasteiger partial charge in [0.1, 0.15) is 5.75 Å². The van der Waals surface area contributed by atoms with E-state index < -0.39 is 0 Å². The molecule has 0 atom stereocenters. The summed E-state index contributed by atoms with van der Waals surface area (Å²) in [6.45, 7) is 0.605. The number of carbonyl (C=O) groups is 2. The van der Waals surface area contributed by atoms with E-state index in [0.717, 1.165) is 19.3 Å². The van der Waals surface area contributed by atoms with Gasteiger partial charge >= 0.3 is 6.03 Å². The first-order valence-electron chi connectivity index (χ1n) is 10.4. The van der Waals surface area contributed by atoms with E-state index in [1.807, 2.05) is 36.4 Å². The molecule has 2 aromatic carbocycles. The normalized spacial score (nSPS) is 16.7. The van der Waals surface area contributed by atoms with Crippen molar-refractivity contribution in [2.75, 3.05) is 23.4 Å². The minimum Gasteiger partial charge on any atom is -0.482 e. The largest absolute Gasteiger partial charge is 0.482 e. The Kier molecular flexibility index (Phi) is 5.98. The summed E-state index contributed by atoms with van der Waals surface area (Å²) in [5, 5.41) is 5.96. The number of urea groups is 1. The molecule has 0 aromatic heterocycles. The van der Waals surface area contributed by atoms with E-state index in [4.69, 9.17) is 4.74 Å². The minimum absolute atomic E-state index is 0.0384. The number of nitrogens with zero attached hydrogens (tertiary/aromatic N) is 1. The Bertz CT molecular complexity index is 863. The molecule has 1 aliphatic heterocycles. The van der Waals surface area contributed by atoms with Gasteiger partial charge in [0.05, 0.1) is 5.69 Å². The van der Waals surface area contributed by atoms with Gasteiger partial charge in [-0.2, -0.15) is 0 Å². The van der Waals surface area contributed by atoms with Crippen LogP contribution in [0.5, 0.6) is 5.75 Å². The highest BCUT2D eigenvalue weighted by molar-refractivity contribution is 5.99. The summed E-state index contributed by atoms with van der Waals surface area (Å²) in [5.74, 6) is 0.591. The minimum atomic E-state index is -0.198. The number of hydrogen-bond acceptors (Lipinski definition) is 3. The molecule has 6 nitrogen and oxygen atoms in total. The Hall–Kier alpha value is -3.02. The summed E-state index contributed by atoms with van der Waals surface area (Å²) in [4.78, 5) is 26.6. The molecule has 1 heterocycles. The number of hydrogen-bond donors (Lipinski definition) is 2. The number of nitrogens with one attached hydrogen (secondary N) is 2. The monoisotopic (exact) mass is 393 g/mol. The average molecular weight is 393 g/mol. The highest BCUT2D eigenvalue weighted by Gasteiger charge is 2.26. The molecule has 0 saturated heterocycles. The second kappa shape index (κ2) is 8.99. The van der Waals surface area contributed by atoms with E-state index in [1.54, 1.807) is 4.90 Å². The lowest BCUT2D eigenvalue weighted by atomic mass is 9.96. The summed E-state index contributed by atoms with van der Waals surface area (Å²) in [7, 11) is 0. The fourth-order valence-electron chi connectivity index (χ4n) is 4.01. The van der Waals surface area contributed by atoms with E-state index in [-0.39, 0.29) is 24.6 Å². The van der Waals surface area contributed by atoms with Gasteiger partial charge in [0.2, 0.25) is 0 Å². The van der Waals surface area contributed by atoms with Crippen molar-refractivity contribution < 1.29 is 14.3 Å². The maximum atomic E-state index is 12.5. The first-order valence-corrected chi connectivity index (χ1v) is 10.4. The third kappa shape index (κ3) is 4.88. The van der Waals surface area contributed by atoms with Gasteiger partial charge in [-0.3, -0.25) is 4.79 Å². The van der Waals surface area contributed by atoms with Crippen LogP contribution in [-0.4, -0.2) is 31.1 Å². The third-order valence-corrected chi connectivity index (χ3v) is 5.57. The molecule has 0 spiro atoms. The lowest BCUT2D eigenvalue weighted by Crippen LogP contribution is -2.40. The van der Waals surface area contributed by atoms with Crippen molar-refractivity contribution in [1.82, 2.24) is 5.32 Å². The van der Waals surface area contributed by atoms with Crippen molar-refractivity contribution in [2.24, 2.45) is 0 Å². The van der Waals surface area contributed by atoms with Crippen LogP contribution >= 0.6 is 0 Å². The number of fused-ring (bicyclic) bond motifs is 1. The smallest absolute Gasteiger partial charge is 0.319 e. The highest BCUT2D eigenvalue weighted by atomic mass is 16.5. The Morgan fingerprint density at radius 2 is 1.86 bits per heavy atom. The van der Waals surface area contributed by atoms with Crippen LogP contribution < -0.4 is 20.3 Å². The number of amides is 3. The second-order valence-electron chi connectivity index (χ2n) is 7.69. The number of carbonyl (C=O) groups excluding carboxylic acids is 2. The fourth-order valence-corrected chi connectivity index (χ4v) is 4.01. The summed E-state index contributed by atoms with van der Waals surface area (Å²) in [6.07, 6.45) is 6.41. The summed E-state index contributed by atoms with van der Waals surface area (Å²) >= 11 is 0. The van der Waals surface area contributed by atoms with Crippen LogP contribution in [0.25, 0.3) is 0 Å². The van der Waals surface area contributed by atoms with E-state index in [2.05, 4.69) is 22.8 Å². The molecule has 1 aliphatic carbocycles. The molecule has 0 radical (unpaired) electrons. The molecular weight excluding hydrogens is 366 g/mol. The average Bonchev–Trinajstić information content (AvgIpc) is 2.74. The molecule has 2 aromatic rings. The van der Waals surface area contributed by atoms with Gasteiger partial charge in [0, 0.05) is 18.3 Å². The predicted octanol–water partition coefficient (Wildman–Crippen LogP) is 4.11. The van der Waals surface area contributed by atoms with Crippen LogP contribution in [0.2, 0.25) is 0 Å². The zero-order valence-electron chi connectivity index (χ0n) is 16.5. The van der Waals surface area contributed by atoms with Gasteiger partial charge < -0.3 is 20.3 Å². The van der Waals surface area contributed by atoms with Crippen molar-refractivity contribution >= 4 is 23.3 Å². The summed E-state index contributed by atoms with van der Waals surface area (Å²) in [6, 6.07) is 15.6. The fraction of sp³-hybridized carbons (Fsp3) is 0.391. The molecule has 29 heavy (non-hydrogen) atoms. The molecule has 0 bridgehead atoms. The van der Waals surface area contributed by atoms with Crippen molar-refractivity contribution in [3.05, 3.63) is 54.1 Å². The number of benzene rings is 2. The maximum Gasteiger partial charge on any atom is 0.319 e. The zero-order chi connectivity index (χ0) is 20.1. The molecule has 1 fully saturated rings. The molecule has 4 rings (SSSR count). The first-order chi connectivity index (χ1) is 14.2. The van der Waals surface area contributed by atoms with Crippen LogP contribution in [0.4, 0.5) is 16.2 Å². The zero-order valence-corrected chi connectivity index (χ0v) is 16.5. The number of ether oxygens (including phenoxy) is 1. The molecule has 0 unspecified atom stereocenters. The van der Waals surface area contributed by atoms with E-state index in [1.165, 1.54) is 24.8 Å².